The van der Waals surface area contributed by atoms with Gasteiger partial charge in [0.25, 0.3) is 0 Å². The third kappa shape index (κ3) is 4.99. The predicted octanol–water partition coefficient (Wildman–Crippen LogP) is 5.88. The van der Waals surface area contributed by atoms with Crippen molar-refractivity contribution in [2.45, 2.75) is 58.6 Å². The van der Waals surface area contributed by atoms with Crippen molar-refractivity contribution >= 4 is 12.4 Å². The van der Waals surface area contributed by atoms with E-state index in [1.807, 2.05) is 18.2 Å². The third-order valence-corrected chi connectivity index (χ3v) is 5.25. The number of rotatable bonds is 5. The monoisotopic (exact) mass is 359 g/mol. The van der Waals surface area contributed by atoms with Gasteiger partial charge in [-0.25, -0.2) is 0 Å². The van der Waals surface area contributed by atoms with E-state index in [1.165, 1.54) is 54.4 Å². The van der Waals surface area contributed by atoms with Crippen LogP contribution in [0.25, 0.3) is 0 Å². The van der Waals surface area contributed by atoms with E-state index in [4.69, 9.17) is 10.5 Å². The van der Waals surface area contributed by atoms with Gasteiger partial charge in [0.15, 0.2) is 0 Å². The summed E-state index contributed by atoms with van der Waals surface area (Å²) in [5, 5.41) is 0. The number of ether oxygens (including phenoxy) is 1. The Morgan fingerprint density at radius 2 is 1.60 bits per heavy atom. The molecule has 25 heavy (non-hydrogen) atoms. The van der Waals surface area contributed by atoms with E-state index in [2.05, 4.69) is 38.1 Å². The van der Waals surface area contributed by atoms with Gasteiger partial charge in [-0.15, -0.1) is 12.4 Å². The average molecular weight is 360 g/mol. The molecule has 1 aliphatic carbocycles. The fourth-order valence-electron chi connectivity index (χ4n) is 3.90. The second kappa shape index (κ2) is 9.26. The maximum atomic E-state index is 6.58. The quantitative estimate of drug-likeness (QED) is 0.722. The summed E-state index contributed by atoms with van der Waals surface area (Å²) in [7, 11) is 0. The van der Waals surface area contributed by atoms with Crippen molar-refractivity contribution in [2.24, 2.45) is 11.7 Å². The van der Waals surface area contributed by atoms with E-state index in [0.717, 1.165) is 5.75 Å². The predicted molar refractivity (Wildman–Crippen MR) is 107 cm³/mol. The Morgan fingerprint density at radius 3 is 2.20 bits per heavy atom. The summed E-state index contributed by atoms with van der Waals surface area (Å²) < 4.78 is 6.09. The van der Waals surface area contributed by atoms with Gasteiger partial charge in [-0.2, -0.15) is 0 Å². The van der Waals surface area contributed by atoms with E-state index in [-0.39, 0.29) is 18.4 Å². The Hall–Kier alpha value is -1.51. The Labute approximate surface area is 158 Å². The van der Waals surface area contributed by atoms with Crippen LogP contribution in [0.15, 0.2) is 42.5 Å². The Kier molecular flexibility index (Phi) is 7.34. The van der Waals surface area contributed by atoms with Gasteiger partial charge >= 0.3 is 0 Å². The molecule has 0 spiro atoms. The first-order valence-electron chi connectivity index (χ1n) is 9.18. The minimum absolute atomic E-state index is 0. The molecule has 0 heterocycles. The number of aryl methyl sites for hydroxylation is 2. The molecule has 1 saturated carbocycles. The highest BCUT2D eigenvalue weighted by molar-refractivity contribution is 5.85. The molecule has 0 aliphatic heterocycles. The number of halogens is 1. The summed E-state index contributed by atoms with van der Waals surface area (Å²) in [5.74, 6) is 1.63. The van der Waals surface area contributed by atoms with E-state index in [9.17, 15) is 0 Å². The standard InChI is InChI=1S/C22H29NO.ClH/c1-16-13-20(21(23)19-11-7-4-8-12-19)14-17(2)22(16)24-15-18-9-5-3-6-10-18;/h3,5-6,9-10,13-14,19,21H,4,7-8,11-12,15,23H2,1-2H3;1H/t21-;/m1./s1. The molecule has 136 valence electrons. The summed E-state index contributed by atoms with van der Waals surface area (Å²) in [6.45, 7) is 4.87. The zero-order valence-electron chi connectivity index (χ0n) is 15.3. The first-order valence-corrected chi connectivity index (χ1v) is 9.18. The highest BCUT2D eigenvalue weighted by Crippen LogP contribution is 2.35. The van der Waals surface area contributed by atoms with Crippen LogP contribution in [0, 0.1) is 19.8 Å². The van der Waals surface area contributed by atoms with Gasteiger partial charge < -0.3 is 10.5 Å². The van der Waals surface area contributed by atoms with Crippen molar-refractivity contribution in [3.63, 3.8) is 0 Å². The molecule has 1 aliphatic rings. The molecule has 0 amide bonds. The SMILES string of the molecule is Cc1cc([C@H](N)C2CCCCC2)cc(C)c1OCc1ccccc1.Cl. The molecule has 1 fully saturated rings. The highest BCUT2D eigenvalue weighted by Gasteiger charge is 2.23. The fraction of sp³-hybridized carbons (Fsp3) is 0.455. The van der Waals surface area contributed by atoms with Crippen molar-refractivity contribution in [2.75, 3.05) is 0 Å². The lowest BCUT2D eigenvalue weighted by Gasteiger charge is -2.28. The molecular formula is C22H30ClNO. The lowest BCUT2D eigenvalue weighted by molar-refractivity contribution is 0.299. The van der Waals surface area contributed by atoms with Gasteiger partial charge in [0.1, 0.15) is 12.4 Å². The summed E-state index contributed by atoms with van der Waals surface area (Å²) in [4.78, 5) is 0. The number of benzene rings is 2. The molecule has 2 nitrogen and oxygen atoms in total. The fourth-order valence-corrected chi connectivity index (χ4v) is 3.90. The zero-order chi connectivity index (χ0) is 16.9. The Bertz CT molecular complexity index is 642. The molecule has 3 rings (SSSR count). The molecule has 0 saturated heterocycles. The molecule has 0 unspecified atom stereocenters. The summed E-state index contributed by atoms with van der Waals surface area (Å²) >= 11 is 0. The first-order chi connectivity index (χ1) is 11.6. The maximum Gasteiger partial charge on any atom is 0.125 e. The van der Waals surface area contributed by atoms with Gasteiger partial charge in [-0.1, -0.05) is 61.7 Å². The van der Waals surface area contributed by atoms with E-state index in [0.29, 0.717) is 12.5 Å². The van der Waals surface area contributed by atoms with Crippen LogP contribution in [0.2, 0.25) is 0 Å². The molecule has 2 N–H and O–H groups in total. The Morgan fingerprint density at radius 1 is 1.00 bits per heavy atom. The van der Waals surface area contributed by atoms with Gasteiger partial charge in [-0.05, 0) is 54.9 Å². The minimum Gasteiger partial charge on any atom is -0.488 e. The molecule has 3 heteroatoms. The van der Waals surface area contributed by atoms with Crippen LogP contribution in [-0.2, 0) is 6.61 Å². The van der Waals surface area contributed by atoms with Gasteiger partial charge in [-0.3, -0.25) is 0 Å². The molecule has 0 aromatic heterocycles. The summed E-state index contributed by atoms with van der Waals surface area (Å²) in [5.41, 5.74) is 11.4. The van der Waals surface area contributed by atoms with Crippen molar-refractivity contribution < 1.29 is 4.74 Å². The zero-order valence-corrected chi connectivity index (χ0v) is 16.1. The molecule has 2 aromatic carbocycles. The number of hydrogen-bond acceptors (Lipinski definition) is 2. The normalized spacial score (nSPS) is 16.1. The van der Waals surface area contributed by atoms with Crippen LogP contribution in [-0.4, -0.2) is 0 Å². The topological polar surface area (TPSA) is 35.2 Å². The van der Waals surface area contributed by atoms with E-state index >= 15 is 0 Å². The average Bonchev–Trinajstić information content (AvgIpc) is 2.62. The number of nitrogens with two attached hydrogens (primary N) is 1. The Balaban J connectivity index is 0.00000225. The lowest BCUT2D eigenvalue weighted by atomic mass is 9.81. The van der Waals surface area contributed by atoms with Crippen LogP contribution >= 0.6 is 12.4 Å². The second-order valence-corrected chi connectivity index (χ2v) is 7.18. The highest BCUT2D eigenvalue weighted by atomic mass is 35.5. The number of hydrogen-bond donors (Lipinski definition) is 1. The largest absolute Gasteiger partial charge is 0.488 e. The third-order valence-electron chi connectivity index (χ3n) is 5.25. The van der Waals surface area contributed by atoms with E-state index in [1.54, 1.807) is 0 Å². The molecule has 1 atom stereocenters. The van der Waals surface area contributed by atoms with Crippen molar-refractivity contribution in [3.8, 4) is 5.75 Å². The minimum atomic E-state index is 0. The lowest BCUT2D eigenvalue weighted by Crippen LogP contribution is -2.23. The van der Waals surface area contributed by atoms with Gasteiger partial charge in [0.2, 0.25) is 0 Å². The van der Waals surface area contributed by atoms with Crippen LogP contribution in [0.4, 0.5) is 0 Å². The molecule has 0 bridgehead atoms. The van der Waals surface area contributed by atoms with Crippen molar-refractivity contribution in [3.05, 3.63) is 64.7 Å². The molecular weight excluding hydrogens is 330 g/mol. The van der Waals surface area contributed by atoms with Crippen LogP contribution in [0.5, 0.6) is 5.75 Å². The summed E-state index contributed by atoms with van der Waals surface area (Å²) in [6, 6.07) is 14.9. The van der Waals surface area contributed by atoms with Crippen molar-refractivity contribution in [1.82, 2.24) is 0 Å². The molecule has 2 aromatic rings. The second-order valence-electron chi connectivity index (χ2n) is 7.18. The van der Waals surface area contributed by atoms with Gasteiger partial charge in [0.05, 0.1) is 0 Å². The summed E-state index contributed by atoms with van der Waals surface area (Å²) in [6.07, 6.45) is 6.56. The smallest absolute Gasteiger partial charge is 0.125 e. The van der Waals surface area contributed by atoms with Gasteiger partial charge in [0, 0.05) is 6.04 Å². The van der Waals surface area contributed by atoms with Crippen molar-refractivity contribution in [1.29, 1.82) is 0 Å². The van der Waals surface area contributed by atoms with Crippen LogP contribution in [0.1, 0.15) is 60.4 Å². The van der Waals surface area contributed by atoms with E-state index < -0.39 is 0 Å². The molecule has 0 radical (unpaired) electrons. The first kappa shape index (κ1) is 19.8. The maximum absolute atomic E-state index is 6.58. The van der Waals surface area contributed by atoms with Crippen LogP contribution in [0.3, 0.4) is 0 Å². The van der Waals surface area contributed by atoms with Crippen LogP contribution < -0.4 is 10.5 Å².